The van der Waals surface area contributed by atoms with Crippen molar-refractivity contribution in [1.82, 2.24) is 10.2 Å². The quantitative estimate of drug-likeness (QED) is 0.826. The highest BCUT2D eigenvalue weighted by Crippen LogP contribution is 2.41. The largest absolute Gasteiger partial charge is 0.493 e. The molecule has 0 amide bonds. The molecule has 1 heterocycles. The number of ether oxygens (including phenoxy) is 3. The van der Waals surface area contributed by atoms with Crippen molar-refractivity contribution in [2.45, 2.75) is 12.5 Å². The summed E-state index contributed by atoms with van der Waals surface area (Å²) in [6, 6.07) is 14.6. The van der Waals surface area contributed by atoms with Gasteiger partial charge in [0.15, 0.2) is 11.5 Å². The Bertz CT molecular complexity index is 681. The number of methoxy groups -OCH3 is 2. The van der Waals surface area contributed by atoms with Gasteiger partial charge >= 0.3 is 0 Å². The summed E-state index contributed by atoms with van der Waals surface area (Å²) in [6.07, 6.45) is 0.942. The maximum Gasteiger partial charge on any atom is 0.203 e. The van der Waals surface area contributed by atoms with Gasteiger partial charge in [-0.05, 0) is 36.7 Å². The Morgan fingerprint density at radius 2 is 1.73 bits per heavy atom. The SMILES string of the molecule is COc1cc(-c2ccccc2)cc(OC)c1OCCC1CN(C)CCN1. The zero-order chi connectivity index (χ0) is 18.4. The van der Waals surface area contributed by atoms with Crippen molar-refractivity contribution in [3.05, 3.63) is 42.5 Å². The van der Waals surface area contributed by atoms with Gasteiger partial charge in [0.05, 0.1) is 20.8 Å². The molecule has 0 radical (unpaired) electrons. The van der Waals surface area contributed by atoms with E-state index in [2.05, 4.69) is 29.4 Å². The minimum Gasteiger partial charge on any atom is -0.493 e. The Morgan fingerprint density at radius 1 is 1.04 bits per heavy atom. The highest BCUT2D eigenvalue weighted by atomic mass is 16.5. The van der Waals surface area contributed by atoms with Gasteiger partial charge in [-0.15, -0.1) is 0 Å². The molecule has 1 aliphatic heterocycles. The van der Waals surface area contributed by atoms with Gasteiger partial charge in [0.25, 0.3) is 0 Å². The van der Waals surface area contributed by atoms with Crippen LogP contribution < -0.4 is 19.5 Å². The van der Waals surface area contributed by atoms with Crippen LogP contribution in [0.15, 0.2) is 42.5 Å². The summed E-state index contributed by atoms with van der Waals surface area (Å²) in [6.45, 7) is 3.78. The Labute approximate surface area is 155 Å². The smallest absolute Gasteiger partial charge is 0.203 e. The van der Waals surface area contributed by atoms with Gasteiger partial charge in [0.2, 0.25) is 5.75 Å². The second kappa shape index (κ2) is 8.92. The van der Waals surface area contributed by atoms with Crippen molar-refractivity contribution in [2.24, 2.45) is 0 Å². The van der Waals surface area contributed by atoms with Crippen LogP contribution in [0, 0.1) is 0 Å². The number of benzene rings is 2. The van der Waals surface area contributed by atoms with Crippen molar-refractivity contribution in [3.63, 3.8) is 0 Å². The summed E-state index contributed by atoms with van der Waals surface area (Å²) < 4.78 is 17.2. The summed E-state index contributed by atoms with van der Waals surface area (Å²) in [5, 5.41) is 3.54. The van der Waals surface area contributed by atoms with Crippen LogP contribution in [0.5, 0.6) is 17.2 Å². The molecule has 1 saturated heterocycles. The average Bonchev–Trinajstić information content (AvgIpc) is 2.68. The van der Waals surface area contributed by atoms with Gasteiger partial charge in [0.1, 0.15) is 0 Å². The molecule has 5 heteroatoms. The van der Waals surface area contributed by atoms with E-state index in [0.29, 0.717) is 29.9 Å². The number of piperazine rings is 1. The van der Waals surface area contributed by atoms with Gasteiger partial charge in [-0.25, -0.2) is 0 Å². The number of nitrogens with one attached hydrogen (secondary N) is 1. The van der Waals surface area contributed by atoms with E-state index in [-0.39, 0.29) is 0 Å². The lowest BCUT2D eigenvalue weighted by Gasteiger charge is -2.30. The molecular formula is C21H28N2O3. The molecule has 140 valence electrons. The number of nitrogens with zero attached hydrogens (tertiary/aromatic N) is 1. The number of likely N-dealkylation sites (N-methyl/N-ethyl adjacent to an activating group) is 1. The Kier molecular flexibility index (Phi) is 6.36. The van der Waals surface area contributed by atoms with Crippen molar-refractivity contribution < 1.29 is 14.2 Å². The Hall–Kier alpha value is -2.24. The molecular weight excluding hydrogens is 328 g/mol. The molecule has 2 aromatic rings. The molecule has 0 aliphatic carbocycles. The van der Waals surface area contributed by atoms with Gasteiger partial charge in [0, 0.05) is 25.7 Å². The predicted molar refractivity (Wildman–Crippen MR) is 104 cm³/mol. The van der Waals surface area contributed by atoms with Crippen LogP contribution in [0.2, 0.25) is 0 Å². The first-order chi connectivity index (χ1) is 12.7. The van der Waals surface area contributed by atoms with Crippen LogP contribution in [0.25, 0.3) is 11.1 Å². The second-order valence-electron chi connectivity index (χ2n) is 6.63. The molecule has 0 spiro atoms. The van der Waals surface area contributed by atoms with E-state index in [1.165, 1.54) is 0 Å². The summed E-state index contributed by atoms with van der Waals surface area (Å²) in [5.74, 6) is 2.05. The molecule has 1 N–H and O–H groups in total. The molecule has 0 aromatic heterocycles. The average molecular weight is 356 g/mol. The standard InChI is InChI=1S/C21H28N2O3/c1-23-11-10-22-18(15-23)9-12-26-21-19(24-2)13-17(14-20(21)25-3)16-7-5-4-6-8-16/h4-8,13-14,18,22H,9-12,15H2,1-3H3. The van der Waals surface area contributed by atoms with E-state index in [1.807, 2.05) is 30.3 Å². The highest BCUT2D eigenvalue weighted by molar-refractivity contribution is 5.71. The monoisotopic (exact) mass is 356 g/mol. The van der Waals surface area contributed by atoms with Crippen LogP contribution in [-0.4, -0.2) is 58.5 Å². The van der Waals surface area contributed by atoms with Gasteiger partial charge in [-0.2, -0.15) is 0 Å². The molecule has 3 rings (SSSR count). The Morgan fingerprint density at radius 3 is 2.35 bits per heavy atom. The van der Waals surface area contributed by atoms with E-state index in [9.17, 15) is 0 Å². The summed E-state index contributed by atoms with van der Waals surface area (Å²) in [5.41, 5.74) is 2.16. The van der Waals surface area contributed by atoms with E-state index in [4.69, 9.17) is 14.2 Å². The lowest BCUT2D eigenvalue weighted by Crippen LogP contribution is -2.49. The maximum atomic E-state index is 6.07. The normalized spacial score (nSPS) is 17.7. The van der Waals surface area contributed by atoms with Crippen LogP contribution in [0.3, 0.4) is 0 Å². The first-order valence-corrected chi connectivity index (χ1v) is 9.07. The molecule has 1 unspecified atom stereocenters. The zero-order valence-electron chi connectivity index (χ0n) is 15.8. The lowest BCUT2D eigenvalue weighted by molar-refractivity contribution is 0.200. The predicted octanol–water partition coefficient (Wildman–Crippen LogP) is 3.04. The molecule has 26 heavy (non-hydrogen) atoms. The minimum atomic E-state index is 0.453. The minimum absolute atomic E-state index is 0.453. The second-order valence-corrected chi connectivity index (χ2v) is 6.63. The van der Waals surface area contributed by atoms with Gasteiger partial charge in [-0.1, -0.05) is 30.3 Å². The molecule has 1 atom stereocenters. The number of hydrogen-bond acceptors (Lipinski definition) is 5. The molecule has 1 fully saturated rings. The van der Waals surface area contributed by atoms with Crippen LogP contribution in [0.1, 0.15) is 6.42 Å². The van der Waals surface area contributed by atoms with Crippen molar-refractivity contribution >= 4 is 0 Å². The van der Waals surface area contributed by atoms with Gasteiger partial charge in [-0.3, -0.25) is 0 Å². The third-order valence-electron chi connectivity index (χ3n) is 4.74. The third kappa shape index (κ3) is 4.48. The molecule has 5 nitrogen and oxygen atoms in total. The maximum absolute atomic E-state index is 6.07. The van der Waals surface area contributed by atoms with Crippen LogP contribution in [0.4, 0.5) is 0 Å². The van der Waals surface area contributed by atoms with Crippen molar-refractivity contribution in [3.8, 4) is 28.4 Å². The van der Waals surface area contributed by atoms with E-state index >= 15 is 0 Å². The first-order valence-electron chi connectivity index (χ1n) is 9.07. The Balaban J connectivity index is 1.73. The summed E-state index contributed by atoms with van der Waals surface area (Å²) >= 11 is 0. The fraction of sp³-hybridized carbons (Fsp3) is 0.429. The highest BCUT2D eigenvalue weighted by Gasteiger charge is 2.18. The van der Waals surface area contributed by atoms with E-state index in [1.54, 1.807) is 14.2 Å². The third-order valence-corrected chi connectivity index (χ3v) is 4.74. The molecule has 0 saturated carbocycles. The van der Waals surface area contributed by atoms with Crippen molar-refractivity contribution in [2.75, 3.05) is 47.5 Å². The topological polar surface area (TPSA) is 43.0 Å². The fourth-order valence-electron chi connectivity index (χ4n) is 3.31. The van der Waals surface area contributed by atoms with Crippen LogP contribution in [-0.2, 0) is 0 Å². The number of rotatable bonds is 7. The van der Waals surface area contributed by atoms with E-state index in [0.717, 1.165) is 37.2 Å². The molecule has 1 aliphatic rings. The fourth-order valence-corrected chi connectivity index (χ4v) is 3.31. The first kappa shape index (κ1) is 18.5. The number of hydrogen-bond donors (Lipinski definition) is 1. The van der Waals surface area contributed by atoms with Crippen molar-refractivity contribution in [1.29, 1.82) is 0 Å². The summed E-state index contributed by atoms with van der Waals surface area (Å²) in [4.78, 5) is 2.34. The van der Waals surface area contributed by atoms with Crippen LogP contribution >= 0.6 is 0 Å². The summed E-state index contributed by atoms with van der Waals surface area (Å²) in [7, 11) is 5.48. The zero-order valence-corrected chi connectivity index (χ0v) is 15.8. The molecule has 0 bridgehead atoms. The van der Waals surface area contributed by atoms with E-state index < -0.39 is 0 Å². The lowest BCUT2D eigenvalue weighted by atomic mass is 10.0. The molecule has 2 aromatic carbocycles. The van der Waals surface area contributed by atoms with Gasteiger partial charge < -0.3 is 24.4 Å².